The molecule has 158 valence electrons. The zero-order chi connectivity index (χ0) is 21.5. The third-order valence-electron chi connectivity index (χ3n) is 6.11. The van der Waals surface area contributed by atoms with Gasteiger partial charge in [-0.2, -0.15) is 5.10 Å². The molecule has 1 unspecified atom stereocenters. The lowest BCUT2D eigenvalue weighted by molar-refractivity contribution is 0.0698. The number of para-hydroxylation sites is 1. The lowest BCUT2D eigenvalue weighted by Crippen LogP contribution is -2.11. The van der Waals surface area contributed by atoms with Gasteiger partial charge < -0.3 is 14.8 Å². The molecule has 2 heterocycles. The van der Waals surface area contributed by atoms with Gasteiger partial charge in [0, 0.05) is 22.2 Å². The van der Waals surface area contributed by atoms with Crippen molar-refractivity contribution in [1.82, 2.24) is 10.2 Å². The second-order valence-corrected chi connectivity index (χ2v) is 8.58. The predicted octanol–water partition coefficient (Wildman–Crippen LogP) is 5.90. The maximum absolute atomic E-state index is 11.6. The van der Waals surface area contributed by atoms with Crippen molar-refractivity contribution in [1.29, 1.82) is 0 Å². The van der Waals surface area contributed by atoms with Crippen molar-refractivity contribution in [2.45, 2.75) is 45.6 Å². The summed E-state index contributed by atoms with van der Waals surface area (Å²) in [4.78, 5) is 11.6. The van der Waals surface area contributed by atoms with Crippen LogP contribution in [0.3, 0.4) is 0 Å². The van der Waals surface area contributed by atoms with Crippen LogP contribution in [0.25, 0.3) is 22.1 Å². The number of aromatic carboxylic acids is 1. The third kappa shape index (κ3) is 3.74. The van der Waals surface area contributed by atoms with E-state index in [1.807, 2.05) is 26.1 Å². The fourth-order valence-electron chi connectivity index (χ4n) is 4.27. The Morgan fingerprint density at radius 3 is 2.84 bits per heavy atom. The zero-order valence-electron chi connectivity index (χ0n) is 17.7. The number of nitrogens with zero attached hydrogens (tertiary/aromatic N) is 2. The molecular formula is C25H25N3O3. The molecule has 1 atom stereocenters. The van der Waals surface area contributed by atoms with Crippen LogP contribution >= 0.6 is 0 Å². The van der Waals surface area contributed by atoms with E-state index >= 15 is 0 Å². The molecule has 0 bridgehead atoms. The van der Waals surface area contributed by atoms with Crippen LogP contribution in [0.15, 0.2) is 47.0 Å². The van der Waals surface area contributed by atoms with Gasteiger partial charge in [-0.25, -0.2) is 4.79 Å². The Morgan fingerprint density at radius 2 is 2.06 bits per heavy atom. The first-order chi connectivity index (χ1) is 15.0. The first-order valence-corrected chi connectivity index (χ1v) is 10.8. The summed E-state index contributed by atoms with van der Waals surface area (Å²) in [6.45, 7) is 4.06. The van der Waals surface area contributed by atoms with Gasteiger partial charge in [-0.3, -0.25) is 0 Å². The molecule has 2 aromatic heterocycles. The molecule has 1 fully saturated rings. The van der Waals surface area contributed by atoms with Crippen molar-refractivity contribution < 1.29 is 14.3 Å². The number of hydrogen-bond acceptors (Lipinski definition) is 5. The van der Waals surface area contributed by atoms with Crippen LogP contribution in [0.5, 0.6) is 0 Å². The first kappa shape index (κ1) is 19.5. The first-order valence-electron chi connectivity index (χ1n) is 10.8. The van der Waals surface area contributed by atoms with Gasteiger partial charge in [0.05, 0.1) is 17.8 Å². The molecule has 1 aliphatic carbocycles. The van der Waals surface area contributed by atoms with Crippen molar-refractivity contribution >= 4 is 33.7 Å². The number of nitrogens with one attached hydrogen (secondary N) is 1. The van der Waals surface area contributed by atoms with Crippen LogP contribution in [0, 0.1) is 12.8 Å². The maximum Gasteiger partial charge on any atom is 0.337 e. The normalized spacial score (nSPS) is 14.8. The van der Waals surface area contributed by atoms with E-state index in [1.165, 1.54) is 12.8 Å². The highest BCUT2D eigenvalue weighted by Crippen LogP contribution is 2.38. The summed E-state index contributed by atoms with van der Waals surface area (Å²) in [7, 11) is 0. The predicted molar refractivity (Wildman–Crippen MR) is 121 cm³/mol. The van der Waals surface area contributed by atoms with Crippen LogP contribution in [0.4, 0.5) is 5.69 Å². The molecule has 6 nitrogen and oxygen atoms in total. The number of carbonyl (C=O) groups is 1. The van der Waals surface area contributed by atoms with Gasteiger partial charge in [0.1, 0.15) is 11.1 Å². The van der Waals surface area contributed by atoms with Crippen molar-refractivity contribution in [2.75, 3.05) is 5.32 Å². The topological polar surface area (TPSA) is 88.2 Å². The standard InChI is InChI=1S/C25H25N3O3/c1-14-11-19(15(2)27-21-6-4-3-5-18(21)25(29)30)24-20(12-14)22-23(31-24)17(13-26-28-22)10-9-16-7-8-16/h3-6,11-13,15-16,27H,7-10H2,1-2H3,(H,29,30). The summed E-state index contributed by atoms with van der Waals surface area (Å²) in [5.41, 5.74) is 6.39. The molecule has 0 spiro atoms. The molecule has 0 amide bonds. The van der Waals surface area contributed by atoms with Gasteiger partial charge >= 0.3 is 5.97 Å². The molecule has 1 aliphatic rings. The minimum absolute atomic E-state index is 0.161. The lowest BCUT2D eigenvalue weighted by atomic mass is 10.0. The third-order valence-corrected chi connectivity index (χ3v) is 6.11. The number of anilines is 1. The highest BCUT2D eigenvalue weighted by Gasteiger charge is 2.23. The van der Waals surface area contributed by atoms with Gasteiger partial charge in [-0.1, -0.05) is 31.0 Å². The Kier molecular flexibility index (Phi) is 4.85. The van der Waals surface area contributed by atoms with E-state index in [0.717, 1.165) is 57.5 Å². The molecule has 5 rings (SSSR count). The molecule has 31 heavy (non-hydrogen) atoms. The van der Waals surface area contributed by atoms with E-state index in [4.69, 9.17) is 4.42 Å². The average molecular weight is 415 g/mol. The molecule has 4 aromatic rings. The van der Waals surface area contributed by atoms with Gasteiger partial charge in [0.15, 0.2) is 5.58 Å². The smallest absolute Gasteiger partial charge is 0.337 e. The van der Waals surface area contributed by atoms with E-state index in [9.17, 15) is 9.90 Å². The highest BCUT2D eigenvalue weighted by atomic mass is 16.4. The summed E-state index contributed by atoms with van der Waals surface area (Å²) in [6.07, 6.45) is 6.58. The fraction of sp³-hybridized carbons (Fsp3) is 0.320. The largest absolute Gasteiger partial charge is 0.478 e. The quantitative estimate of drug-likeness (QED) is 0.391. The highest BCUT2D eigenvalue weighted by molar-refractivity contribution is 6.04. The number of fused-ring (bicyclic) bond motifs is 3. The summed E-state index contributed by atoms with van der Waals surface area (Å²) < 4.78 is 6.40. The molecule has 2 N–H and O–H groups in total. The van der Waals surface area contributed by atoms with Crippen LogP contribution in [0.2, 0.25) is 0 Å². The summed E-state index contributed by atoms with van der Waals surface area (Å²) in [6, 6.07) is 11.0. The Bertz CT molecular complexity index is 1290. The van der Waals surface area contributed by atoms with Crippen molar-refractivity contribution in [3.8, 4) is 0 Å². The van der Waals surface area contributed by atoms with E-state index in [-0.39, 0.29) is 11.6 Å². The van der Waals surface area contributed by atoms with Crippen molar-refractivity contribution in [2.24, 2.45) is 5.92 Å². The minimum atomic E-state index is -0.955. The molecule has 6 heteroatoms. The molecule has 0 saturated heterocycles. The van der Waals surface area contributed by atoms with E-state index in [0.29, 0.717) is 5.69 Å². The van der Waals surface area contributed by atoms with Gasteiger partial charge in [0.25, 0.3) is 0 Å². The van der Waals surface area contributed by atoms with E-state index < -0.39 is 5.97 Å². The van der Waals surface area contributed by atoms with E-state index in [2.05, 4.69) is 27.6 Å². The average Bonchev–Trinajstić information content (AvgIpc) is 3.51. The monoisotopic (exact) mass is 415 g/mol. The number of hydrogen-bond donors (Lipinski definition) is 2. The van der Waals surface area contributed by atoms with Crippen LogP contribution < -0.4 is 5.32 Å². The second kappa shape index (κ2) is 7.69. The van der Waals surface area contributed by atoms with Gasteiger partial charge in [-0.15, -0.1) is 5.10 Å². The minimum Gasteiger partial charge on any atom is -0.478 e. The number of furan rings is 1. The molecule has 0 aliphatic heterocycles. The number of benzene rings is 2. The Morgan fingerprint density at radius 1 is 1.26 bits per heavy atom. The molecular weight excluding hydrogens is 390 g/mol. The number of carboxylic acid groups (broad SMARTS) is 1. The number of aryl methyl sites for hydroxylation is 2. The number of carboxylic acids is 1. The number of rotatable bonds is 7. The van der Waals surface area contributed by atoms with Crippen molar-refractivity contribution in [3.05, 3.63) is 64.8 Å². The Labute approximate surface area is 180 Å². The fourth-order valence-corrected chi connectivity index (χ4v) is 4.27. The molecule has 0 radical (unpaired) electrons. The summed E-state index contributed by atoms with van der Waals surface area (Å²) in [5.74, 6) is -0.118. The van der Waals surface area contributed by atoms with E-state index in [1.54, 1.807) is 18.2 Å². The van der Waals surface area contributed by atoms with Gasteiger partial charge in [-0.05, 0) is 56.4 Å². The van der Waals surface area contributed by atoms with Crippen LogP contribution in [-0.2, 0) is 6.42 Å². The molecule has 2 aromatic carbocycles. The number of aromatic nitrogens is 2. The van der Waals surface area contributed by atoms with Crippen LogP contribution in [0.1, 0.15) is 59.3 Å². The summed E-state index contributed by atoms with van der Waals surface area (Å²) in [5, 5.41) is 22.5. The second-order valence-electron chi connectivity index (χ2n) is 8.58. The summed E-state index contributed by atoms with van der Waals surface area (Å²) >= 11 is 0. The van der Waals surface area contributed by atoms with Crippen LogP contribution in [-0.4, -0.2) is 21.3 Å². The lowest BCUT2D eigenvalue weighted by Gasteiger charge is -2.18. The Balaban J connectivity index is 1.57. The zero-order valence-corrected chi connectivity index (χ0v) is 17.7. The maximum atomic E-state index is 11.6. The van der Waals surface area contributed by atoms with Crippen molar-refractivity contribution in [3.63, 3.8) is 0 Å². The molecule has 1 saturated carbocycles. The Hall–Kier alpha value is -3.41. The SMILES string of the molecule is Cc1cc(C(C)Nc2ccccc2C(=O)O)c2oc3c(CCC4CC4)cnnc3c2c1. The van der Waals surface area contributed by atoms with Gasteiger partial charge in [0.2, 0.25) is 0 Å².